The number of nitro groups is 1. The summed E-state index contributed by atoms with van der Waals surface area (Å²) in [6.07, 6.45) is 0. The Morgan fingerprint density at radius 2 is 2.20 bits per heavy atom. The third-order valence-electron chi connectivity index (χ3n) is 2.83. The third-order valence-corrected chi connectivity index (χ3v) is 2.83. The molecule has 2 rings (SSSR count). The minimum atomic E-state index is -0.536. The van der Waals surface area contributed by atoms with E-state index in [1.807, 2.05) is 0 Å². The molecule has 2 aromatic rings. The number of nitrogens with zero attached hydrogens (tertiary/aromatic N) is 1. The number of fused-ring (bicyclic) bond motifs is 1. The highest BCUT2D eigenvalue weighted by molar-refractivity contribution is 5.98. The van der Waals surface area contributed by atoms with E-state index in [1.54, 1.807) is 19.1 Å². The summed E-state index contributed by atoms with van der Waals surface area (Å²) in [5, 5.41) is 11.8. The summed E-state index contributed by atoms with van der Waals surface area (Å²) in [7, 11) is 1.46. The fourth-order valence-corrected chi connectivity index (χ4v) is 2.03. The summed E-state index contributed by atoms with van der Waals surface area (Å²) >= 11 is 0. The number of aromatic nitrogens is 1. The van der Waals surface area contributed by atoms with E-state index in [-0.39, 0.29) is 24.6 Å². The lowest BCUT2D eigenvalue weighted by molar-refractivity contribution is -0.384. The van der Waals surface area contributed by atoms with Crippen LogP contribution in [0.25, 0.3) is 10.9 Å². The Labute approximate surface area is 114 Å². The van der Waals surface area contributed by atoms with Gasteiger partial charge in [0.1, 0.15) is 11.2 Å². The Balaban J connectivity index is 2.58. The van der Waals surface area contributed by atoms with Crippen molar-refractivity contribution >= 4 is 22.6 Å². The lowest BCUT2D eigenvalue weighted by Gasteiger charge is -2.02. The summed E-state index contributed by atoms with van der Waals surface area (Å²) in [6, 6.07) is 4.86. The van der Waals surface area contributed by atoms with E-state index in [4.69, 9.17) is 9.47 Å². The van der Waals surface area contributed by atoms with Gasteiger partial charge in [0.2, 0.25) is 0 Å². The minimum absolute atomic E-state index is 0.0834. The van der Waals surface area contributed by atoms with Gasteiger partial charge in [-0.05, 0) is 19.1 Å². The number of carbonyl (C=O) groups excluding carboxylic acids is 1. The van der Waals surface area contributed by atoms with Crippen LogP contribution in [0.1, 0.15) is 23.0 Å². The van der Waals surface area contributed by atoms with Crippen molar-refractivity contribution in [3.05, 3.63) is 39.6 Å². The molecule has 0 spiro atoms. The number of esters is 1. The van der Waals surface area contributed by atoms with Crippen LogP contribution >= 0.6 is 0 Å². The molecule has 7 nitrogen and oxygen atoms in total. The number of methoxy groups -OCH3 is 1. The summed E-state index contributed by atoms with van der Waals surface area (Å²) in [4.78, 5) is 25.2. The molecular formula is C13H14N2O5. The average molecular weight is 278 g/mol. The van der Waals surface area contributed by atoms with Gasteiger partial charge < -0.3 is 14.5 Å². The molecule has 0 aliphatic carbocycles. The van der Waals surface area contributed by atoms with Gasteiger partial charge in [-0.25, -0.2) is 4.79 Å². The summed E-state index contributed by atoms with van der Waals surface area (Å²) in [6.45, 7) is 2.06. The van der Waals surface area contributed by atoms with Crippen molar-refractivity contribution in [2.45, 2.75) is 13.5 Å². The number of H-pyrrole nitrogens is 1. The minimum Gasteiger partial charge on any atom is -0.461 e. The lowest BCUT2D eigenvalue weighted by Crippen LogP contribution is -2.04. The van der Waals surface area contributed by atoms with E-state index in [9.17, 15) is 14.9 Å². The molecule has 0 aliphatic rings. The maximum Gasteiger partial charge on any atom is 0.354 e. The van der Waals surface area contributed by atoms with E-state index in [2.05, 4.69) is 4.98 Å². The monoisotopic (exact) mass is 278 g/mol. The van der Waals surface area contributed by atoms with Gasteiger partial charge in [0, 0.05) is 12.5 Å². The molecule has 0 atom stereocenters. The summed E-state index contributed by atoms with van der Waals surface area (Å²) < 4.78 is 9.82. The predicted octanol–water partition coefficient (Wildman–Crippen LogP) is 2.40. The Bertz CT molecular complexity index is 662. The van der Waals surface area contributed by atoms with Gasteiger partial charge >= 0.3 is 5.97 Å². The normalized spacial score (nSPS) is 10.7. The van der Waals surface area contributed by atoms with Gasteiger partial charge in [0.15, 0.2) is 0 Å². The number of ether oxygens (including phenoxy) is 2. The highest BCUT2D eigenvalue weighted by Gasteiger charge is 2.22. The lowest BCUT2D eigenvalue weighted by atomic mass is 10.1. The molecule has 20 heavy (non-hydrogen) atoms. The first-order valence-electron chi connectivity index (χ1n) is 6.03. The number of carbonyl (C=O) groups is 1. The number of benzene rings is 1. The van der Waals surface area contributed by atoms with Crippen LogP contribution in [-0.4, -0.2) is 29.6 Å². The van der Waals surface area contributed by atoms with Crippen molar-refractivity contribution in [2.75, 3.05) is 13.7 Å². The van der Waals surface area contributed by atoms with Crippen LogP contribution < -0.4 is 0 Å². The number of aromatic amines is 1. The van der Waals surface area contributed by atoms with Gasteiger partial charge in [-0.1, -0.05) is 6.07 Å². The largest absolute Gasteiger partial charge is 0.461 e. The number of hydrogen-bond donors (Lipinski definition) is 1. The Kier molecular flexibility index (Phi) is 3.99. The van der Waals surface area contributed by atoms with Gasteiger partial charge in [-0.15, -0.1) is 0 Å². The first kappa shape index (κ1) is 14.0. The molecule has 1 N–H and O–H groups in total. The van der Waals surface area contributed by atoms with E-state index in [1.165, 1.54) is 13.2 Å². The third kappa shape index (κ3) is 2.48. The van der Waals surface area contributed by atoms with Crippen LogP contribution in [0.3, 0.4) is 0 Å². The molecule has 0 fully saturated rings. The second-order valence-electron chi connectivity index (χ2n) is 4.13. The van der Waals surface area contributed by atoms with E-state index in [0.29, 0.717) is 16.5 Å². The van der Waals surface area contributed by atoms with Crippen LogP contribution in [0.4, 0.5) is 5.69 Å². The second kappa shape index (κ2) is 5.70. The van der Waals surface area contributed by atoms with Crippen molar-refractivity contribution in [3.63, 3.8) is 0 Å². The fraction of sp³-hybridized carbons (Fsp3) is 0.308. The molecule has 1 aromatic carbocycles. The smallest absolute Gasteiger partial charge is 0.354 e. The van der Waals surface area contributed by atoms with Gasteiger partial charge in [0.05, 0.1) is 23.7 Å². The molecule has 0 bridgehead atoms. The van der Waals surface area contributed by atoms with Crippen LogP contribution in [0, 0.1) is 10.1 Å². The summed E-state index contributed by atoms with van der Waals surface area (Å²) in [5.74, 6) is -0.536. The molecule has 0 amide bonds. The zero-order chi connectivity index (χ0) is 14.7. The quantitative estimate of drug-likeness (QED) is 0.515. The fourth-order valence-electron chi connectivity index (χ4n) is 2.03. The molecule has 0 saturated carbocycles. The van der Waals surface area contributed by atoms with Crippen molar-refractivity contribution in [2.24, 2.45) is 0 Å². The van der Waals surface area contributed by atoms with Crippen LogP contribution in [0.15, 0.2) is 18.2 Å². The van der Waals surface area contributed by atoms with Crippen molar-refractivity contribution < 1.29 is 19.2 Å². The van der Waals surface area contributed by atoms with Gasteiger partial charge in [-0.3, -0.25) is 10.1 Å². The molecule has 7 heteroatoms. The van der Waals surface area contributed by atoms with Crippen molar-refractivity contribution in [1.29, 1.82) is 0 Å². The van der Waals surface area contributed by atoms with E-state index < -0.39 is 10.9 Å². The maximum absolute atomic E-state index is 11.7. The summed E-state index contributed by atoms with van der Waals surface area (Å²) in [5.41, 5.74) is 0.856. The zero-order valence-corrected chi connectivity index (χ0v) is 11.1. The molecule has 0 saturated heterocycles. The standard InChI is InChI=1S/C13H14N2O5/c1-3-20-13(16)10-6-8-4-5-9(7-19-2)12(15(17)18)11(8)14-10/h4-6,14H,3,7H2,1-2H3. The van der Waals surface area contributed by atoms with Crippen molar-refractivity contribution in [1.82, 2.24) is 4.98 Å². The predicted molar refractivity (Wildman–Crippen MR) is 71.6 cm³/mol. The molecule has 106 valence electrons. The SMILES string of the molecule is CCOC(=O)c1cc2ccc(COC)c([N+](=O)[O-])c2[nH]1. The number of rotatable bonds is 5. The molecule has 0 radical (unpaired) electrons. The zero-order valence-electron chi connectivity index (χ0n) is 11.1. The Morgan fingerprint density at radius 1 is 1.45 bits per heavy atom. The Hall–Kier alpha value is -2.41. The molecular weight excluding hydrogens is 264 g/mol. The number of nitro benzene ring substituents is 1. The molecule has 0 unspecified atom stereocenters. The highest BCUT2D eigenvalue weighted by atomic mass is 16.6. The Morgan fingerprint density at radius 3 is 2.80 bits per heavy atom. The maximum atomic E-state index is 11.7. The second-order valence-corrected chi connectivity index (χ2v) is 4.13. The van der Waals surface area contributed by atoms with Crippen molar-refractivity contribution in [3.8, 4) is 0 Å². The van der Waals surface area contributed by atoms with E-state index in [0.717, 1.165) is 0 Å². The van der Waals surface area contributed by atoms with Gasteiger partial charge in [0.25, 0.3) is 5.69 Å². The molecule has 0 aliphatic heterocycles. The average Bonchev–Trinajstić information content (AvgIpc) is 2.82. The number of hydrogen-bond acceptors (Lipinski definition) is 5. The van der Waals surface area contributed by atoms with Gasteiger partial charge in [-0.2, -0.15) is 0 Å². The van der Waals surface area contributed by atoms with Crippen LogP contribution in [0.2, 0.25) is 0 Å². The number of nitrogens with one attached hydrogen (secondary N) is 1. The van der Waals surface area contributed by atoms with Crippen LogP contribution in [-0.2, 0) is 16.1 Å². The topological polar surface area (TPSA) is 94.5 Å². The first-order valence-corrected chi connectivity index (χ1v) is 6.03. The highest BCUT2D eigenvalue weighted by Crippen LogP contribution is 2.30. The van der Waals surface area contributed by atoms with E-state index >= 15 is 0 Å². The molecule has 1 aromatic heterocycles. The van der Waals surface area contributed by atoms with Crippen LogP contribution in [0.5, 0.6) is 0 Å². The molecule has 1 heterocycles. The first-order chi connectivity index (χ1) is 9.58.